The molecule has 0 N–H and O–H groups in total. The summed E-state index contributed by atoms with van der Waals surface area (Å²) in [5.74, 6) is 0.553. The predicted molar refractivity (Wildman–Crippen MR) is 43.7 cm³/mol. The molecule has 0 atom stereocenters. The van der Waals surface area contributed by atoms with Gasteiger partial charge in [-0.05, 0) is 6.92 Å². The van der Waals surface area contributed by atoms with Crippen molar-refractivity contribution in [1.29, 1.82) is 0 Å². The van der Waals surface area contributed by atoms with Crippen LogP contribution in [0.3, 0.4) is 0 Å². The van der Waals surface area contributed by atoms with Crippen LogP contribution < -0.4 is 0 Å². The van der Waals surface area contributed by atoms with E-state index in [2.05, 4.69) is 15.0 Å². The average molecular weight is 161 g/mol. The Morgan fingerprint density at radius 2 is 2.33 bits per heavy atom. The van der Waals surface area contributed by atoms with E-state index in [1.807, 2.05) is 6.92 Å². The van der Waals surface area contributed by atoms with Gasteiger partial charge in [0.15, 0.2) is 11.6 Å². The van der Waals surface area contributed by atoms with Gasteiger partial charge in [0.05, 0.1) is 5.56 Å². The van der Waals surface area contributed by atoms with Crippen molar-refractivity contribution in [2.45, 2.75) is 13.3 Å². The van der Waals surface area contributed by atoms with Crippen LogP contribution in [0, 0.1) is 0 Å². The molecule has 1 aromatic rings. The van der Waals surface area contributed by atoms with E-state index in [4.69, 9.17) is 0 Å². The van der Waals surface area contributed by atoms with Crippen LogP contribution in [0.25, 0.3) is 0 Å². The first kappa shape index (κ1) is 7.09. The summed E-state index contributed by atoms with van der Waals surface area (Å²) in [5, 5.41) is 0. The Kier molecular flexibility index (Phi) is 1.46. The Hall–Kier alpha value is -1.58. The van der Waals surface area contributed by atoms with Gasteiger partial charge >= 0.3 is 0 Å². The minimum Gasteiger partial charge on any atom is -0.294 e. The molecule has 0 fully saturated rings. The maximum atomic E-state index is 11.3. The molecule has 4 heteroatoms. The van der Waals surface area contributed by atoms with Gasteiger partial charge in [0.25, 0.3) is 0 Å². The monoisotopic (exact) mass is 161 g/mol. The number of carbonyl (C=O) groups is 1. The van der Waals surface area contributed by atoms with Crippen molar-refractivity contribution in [3.8, 4) is 0 Å². The maximum Gasteiger partial charge on any atom is 0.173 e. The lowest BCUT2D eigenvalue weighted by Gasteiger charge is -2.08. The molecule has 0 unspecified atom stereocenters. The molecule has 60 valence electrons. The lowest BCUT2D eigenvalue weighted by atomic mass is 10.1. The highest BCUT2D eigenvalue weighted by atomic mass is 16.1. The van der Waals surface area contributed by atoms with E-state index in [0.29, 0.717) is 17.8 Å². The normalized spacial score (nSPS) is 15.4. The number of Topliss-reactive ketones (excluding diaryl/α,β-unsaturated/α-hetero) is 1. The third-order valence-corrected chi connectivity index (χ3v) is 1.70. The van der Waals surface area contributed by atoms with E-state index in [-0.39, 0.29) is 5.78 Å². The van der Waals surface area contributed by atoms with Crippen LogP contribution in [0.15, 0.2) is 17.5 Å². The lowest BCUT2D eigenvalue weighted by Crippen LogP contribution is -2.11. The number of rotatable bonds is 0. The molecule has 0 aromatic carbocycles. The molecule has 0 saturated heterocycles. The Balaban J connectivity index is 2.62. The van der Waals surface area contributed by atoms with Crippen molar-refractivity contribution in [2.75, 3.05) is 0 Å². The van der Waals surface area contributed by atoms with Gasteiger partial charge in [-0.25, -0.2) is 15.0 Å². The van der Waals surface area contributed by atoms with Gasteiger partial charge in [-0.1, -0.05) is 0 Å². The molecule has 0 saturated carbocycles. The predicted octanol–water partition coefficient (Wildman–Crippen LogP) is 1.16. The number of aromatic nitrogens is 2. The second kappa shape index (κ2) is 2.48. The van der Waals surface area contributed by atoms with Gasteiger partial charge in [0.1, 0.15) is 6.33 Å². The lowest BCUT2D eigenvalue weighted by molar-refractivity contribution is 0.0999. The summed E-state index contributed by atoms with van der Waals surface area (Å²) in [6, 6.07) is 0. The summed E-state index contributed by atoms with van der Waals surface area (Å²) in [5.41, 5.74) is 1.34. The molecule has 12 heavy (non-hydrogen) atoms. The van der Waals surface area contributed by atoms with E-state index < -0.39 is 0 Å². The van der Waals surface area contributed by atoms with Crippen LogP contribution in [0.4, 0.5) is 5.82 Å². The first-order valence-corrected chi connectivity index (χ1v) is 3.65. The zero-order valence-electron chi connectivity index (χ0n) is 6.61. The van der Waals surface area contributed by atoms with Gasteiger partial charge in [-0.2, -0.15) is 0 Å². The second-order valence-corrected chi connectivity index (χ2v) is 2.71. The van der Waals surface area contributed by atoms with Crippen molar-refractivity contribution in [3.63, 3.8) is 0 Å². The number of aliphatic imine (C=N–C) groups is 1. The topological polar surface area (TPSA) is 55.2 Å². The summed E-state index contributed by atoms with van der Waals surface area (Å²) in [6.07, 6.45) is 3.30. The number of fused-ring (bicyclic) bond motifs is 1. The Morgan fingerprint density at radius 3 is 3.17 bits per heavy atom. The van der Waals surface area contributed by atoms with E-state index in [9.17, 15) is 4.79 Å². The highest BCUT2D eigenvalue weighted by Gasteiger charge is 2.18. The van der Waals surface area contributed by atoms with Gasteiger partial charge in [0, 0.05) is 18.3 Å². The summed E-state index contributed by atoms with van der Waals surface area (Å²) < 4.78 is 0. The number of nitrogens with zero attached hydrogens (tertiary/aromatic N) is 3. The van der Waals surface area contributed by atoms with Crippen molar-refractivity contribution in [2.24, 2.45) is 4.99 Å². The average Bonchev–Trinajstić information content (AvgIpc) is 2.04. The standard InChI is InChI=1S/C8H7N3O/c1-5-2-7(12)6-3-9-4-10-8(6)11-5/h3-4H,2H2,1H3. The van der Waals surface area contributed by atoms with Crippen LogP contribution in [-0.4, -0.2) is 21.5 Å². The number of hydrogen-bond donors (Lipinski definition) is 0. The SMILES string of the molecule is CC1=Nc2ncncc2C(=O)C1. The molecular formula is C8H7N3O. The van der Waals surface area contributed by atoms with Gasteiger partial charge in [-0.15, -0.1) is 0 Å². The molecule has 1 aliphatic rings. The quantitative estimate of drug-likeness (QED) is 0.573. The van der Waals surface area contributed by atoms with Crippen LogP contribution in [0.5, 0.6) is 0 Å². The summed E-state index contributed by atoms with van der Waals surface area (Å²) in [4.78, 5) is 23.1. The number of ketones is 1. The molecule has 4 nitrogen and oxygen atoms in total. The van der Waals surface area contributed by atoms with Crippen molar-refractivity contribution in [3.05, 3.63) is 18.1 Å². The molecular weight excluding hydrogens is 154 g/mol. The molecule has 2 heterocycles. The van der Waals surface area contributed by atoms with E-state index >= 15 is 0 Å². The fourth-order valence-electron chi connectivity index (χ4n) is 1.16. The van der Waals surface area contributed by atoms with E-state index in [1.54, 1.807) is 0 Å². The van der Waals surface area contributed by atoms with Crippen molar-refractivity contribution in [1.82, 2.24) is 9.97 Å². The van der Waals surface area contributed by atoms with Crippen LogP contribution in [0.1, 0.15) is 23.7 Å². The second-order valence-electron chi connectivity index (χ2n) is 2.71. The zero-order valence-corrected chi connectivity index (χ0v) is 6.61. The molecule has 1 aliphatic heterocycles. The molecule has 2 rings (SSSR count). The van der Waals surface area contributed by atoms with Gasteiger partial charge in [0.2, 0.25) is 0 Å². The van der Waals surface area contributed by atoms with Crippen LogP contribution in [0.2, 0.25) is 0 Å². The van der Waals surface area contributed by atoms with Crippen molar-refractivity contribution >= 4 is 17.3 Å². The maximum absolute atomic E-state index is 11.3. The first-order chi connectivity index (χ1) is 5.77. The zero-order chi connectivity index (χ0) is 8.55. The third kappa shape index (κ3) is 1.01. The Labute approximate surface area is 69.4 Å². The smallest absolute Gasteiger partial charge is 0.173 e. The summed E-state index contributed by atoms with van der Waals surface area (Å²) >= 11 is 0. The van der Waals surface area contributed by atoms with Crippen LogP contribution >= 0.6 is 0 Å². The highest BCUT2D eigenvalue weighted by Crippen LogP contribution is 2.21. The number of carbonyl (C=O) groups excluding carboxylic acids is 1. The van der Waals surface area contributed by atoms with E-state index in [1.165, 1.54) is 12.5 Å². The van der Waals surface area contributed by atoms with Crippen LogP contribution in [-0.2, 0) is 0 Å². The van der Waals surface area contributed by atoms with Gasteiger partial charge in [-0.3, -0.25) is 4.79 Å². The minimum atomic E-state index is 0.0538. The number of hydrogen-bond acceptors (Lipinski definition) is 4. The molecule has 0 spiro atoms. The van der Waals surface area contributed by atoms with Gasteiger partial charge < -0.3 is 0 Å². The first-order valence-electron chi connectivity index (χ1n) is 3.65. The molecule has 0 radical (unpaired) electrons. The molecule has 0 aliphatic carbocycles. The Morgan fingerprint density at radius 1 is 1.50 bits per heavy atom. The summed E-state index contributed by atoms with van der Waals surface area (Å²) in [7, 11) is 0. The molecule has 0 amide bonds. The van der Waals surface area contributed by atoms with E-state index in [0.717, 1.165) is 5.71 Å². The third-order valence-electron chi connectivity index (χ3n) is 1.70. The molecule has 0 bridgehead atoms. The fraction of sp³-hybridized carbons (Fsp3) is 0.250. The summed E-state index contributed by atoms with van der Waals surface area (Å²) in [6.45, 7) is 1.82. The largest absolute Gasteiger partial charge is 0.294 e. The minimum absolute atomic E-state index is 0.0538. The highest BCUT2D eigenvalue weighted by molar-refractivity contribution is 6.14. The Bertz CT molecular complexity index is 370. The molecule has 1 aromatic heterocycles. The van der Waals surface area contributed by atoms with Crippen molar-refractivity contribution < 1.29 is 4.79 Å². The fourth-order valence-corrected chi connectivity index (χ4v) is 1.16.